The van der Waals surface area contributed by atoms with Gasteiger partial charge in [0.05, 0.1) is 18.0 Å². The van der Waals surface area contributed by atoms with Crippen LogP contribution >= 0.6 is 11.8 Å². The van der Waals surface area contributed by atoms with E-state index >= 15 is 0 Å². The fourth-order valence-corrected chi connectivity index (χ4v) is 2.33. The number of esters is 1. The van der Waals surface area contributed by atoms with Crippen LogP contribution in [0, 0.1) is 0 Å². The SMILES string of the molecule is COC(=O)C(C)Sc1nc2ccccc2c(=O)[nH]1. The number of carbonyl (C=O) groups excluding carboxylic acids is 1. The number of benzene rings is 1. The lowest BCUT2D eigenvalue weighted by molar-refractivity contribution is -0.139. The van der Waals surface area contributed by atoms with Crippen LogP contribution in [0.25, 0.3) is 10.9 Å². The van der Waals surface area contributed by atoms with Crippen molar-refractivity contribution in [3.63, 3.8) is 0 Å². The van der Waals surface area contributed by atoms with Gasteiger partial charge in [-0.2, -0.15) is 0 Å². The van der Waals surface area contributed by atoms with Gasteiger partial charge in [0.25, 0.3) is 5.56 Å². The Bertz CT molecular complexity index is 639. The van der Waals surface area contributed by atoms with Gasteiger partial charge < -0.3 is 9.72 Å². The second-order valence-corrected chi connectivity index (χ2v) is 5.00. The zero-order valence-electron chi connectivity index (χ0n) is 9.97. The van der Waals surface area contributed by atoms with Gasteiger partial charge in [0.15, 0.2) is 5.16 Å². The zero-order valence-corrected chi connectivity index (χ0v) is 10.8. The monoisotopic (exact) mass is 264 g/mol. The smallest absolute Gasteiger partial charge is 0.318 e. The molecule has 1 N–H and O–H groups in total. The van der Waals surface area contributed by atoms with Gasteiger partial charge in [-0.25, -0.2) is 4.98 Å². The van der Waals surface area contributed by atoms with Gasteiger partial charge in [-0.1, -0.05) is 23.9 Å². The number of carbonyl (C=O) groups is 1. The van der Waals surface area contributed by atoms with Crippen molar-refractivity contribution < 1.29 is 9.53 Å². The van der Waals surface area contributed by atoms with E-state index in [1.165, 1.54) is 7.11 Å². The molecule has 1 aromatic carbocycles. The number of thioether (sulfide) groups is 1. The highest BCUT2D eigenvalue weighted by Gasteiger charge is 2.16. The van der Waals surface area contributed by atoms with Crippen LogP contribution in [0.3, 0.4) is 0 Å². The number of methoxy groups -OCH3 is 1. The lowest BCUT2D eigenvalue weighted by atomic mass is 10.2. The molecule has 0 saturated heterocycles. The Morgan fingerprint density at radius 3 is 2.89 bits per heavy atom. The van der Waals surface area contributed by atoms with Crippen LogP contribution in [0.5, 0.6) is 0 Å². The highest BCUT2D eigenvalue weighted by atomic mass is 32.2. The van der Waals surface area contributed by atoms with Crippen molar-refractivity contribution >= 4 is 28.6 Å². The quantitative estimate of drug-likeness (QED) is 0.517. The summed E-state index contributed by atoms with van der Waals surface area (Å²) in [6.45, 7) is 1.70. The van der Waals surface area contributed by atoms with Crippen molar-refractivity contribution in [1.29, 1.82) is 0 Å². The number of fused-ring (bicyclic) bond motifs is 1. The van der Waals surface area contributed by atoms with Crippen molar-refractivity contribution in [2.45, 2.75) is 17.3 Å². The third kappa shape index (κ3) is 2.53. The molecular formula is C12H12N2O3S. The molecule has 1 heterocycles. The van der Waals surface area contributed by atoms with E-state index in [4.69, 9.17) is 0 Å². The number of nitrogens with one attached hydrogen (secondary N) is 1. The predicted octanol–water partition coefficient (Wildman–Crippen LogP) is 1.58. The number of aromatic nitrogens is 2. The van der Waals surface area contributed by atoms with Crippen LogP contribution in [0.15, 0.2) is 34.2 Å². The largest absolute Gasteiger partial charge is 0.468 e. The van der Waals surface area contributed by atoms with Crippen LogP contribution in [0.2, 0.25) is 0 Å². The highest BCUT2D eigenvalue weighted by molar-refractivity contribution is 8.00. The van der Waals surface area contributed by atoms with E-state index in [0.717, 1.165) is 11.8 Å². The van der Waals surface area contributed by atoms with E-state index in [-0.39, 0.29) is 11.5 Å². The van der Waals surface area contributed by atoms with Crippen LogP contribution in [0.4, 0.5) is 0 Å². The maximum absolute atomic E-state index is 11.8. The Labute approximate surface area is 108 Å². The number of hydrogen-bond donors (Lipinski definition) is 1. The topological polar surface area (TPSA) is 72.0 Å². The molecule has 0 fully saturated rings. The van der Waals surface area contributed by atoms with Gasteiger partial charge >= 0.3 is 5.97 Å². The first-order valence-corrected chi connectivity index (χ1v) is 6.23. The third-order valence-corrected chi connectivity index (χ3v) is 3.38. The summed E-state index contributed by atoms with van der Waals surface area (Å²) in [7, 11) is 1.33. The number of rotatable bonds is 3. The van der Waals surface area contributed by atoms with Crippen LogP contribution < -0.4 is 5.56 Å². The number of H-pyrrole nitrogens is 1. The Morgan fingerprint density at radius 1 is 1.44 bits per heavy atom. The Morgan fingerprint density at radius 2 is 2.17 bits per heavy atom. The van der Waals surface area contributed by atoms with Crippen LogP contribution in [-0.4, -0.2) is 28.3 Å². The molecule has 0 aliphatic heterocycles. The fourth-order valence-electron chi connectivity index (χ4n) is 1.50. The zero-order chi connectivity index (χ0) is 13.1. The van der Waals surface area contributed by atoms with Crippen molar-refractivity contribution in [1.82, 2.24) is 9.97 Å². The summed E-state index contributed by atoms with van der Waals surface area (Å²) in [6.07, 6.45) is 0. The van der Waals surface area contributed by atoms with Crippen molar-refractivity contribution in [2.24, 2.45) is 0 Å². The van der Waals surface area contributed by atoms with Gasteiger partial charge in [-0.15, -0.1) is 0 Å². The van der Waals surface area contributed by atoms with Gasteiger partial charge in [-0.05, 0) is 19.1 Å². The molecule has 0 amide bonds. The average molecular weight is 264 g/mol. The van der Waals surface area contributed by atoms with E-state index in [0.29, 0.717) is 16.1 Å². The molecule has 18 heavy (non-hydrogen) atoms. The standard InChI is InChI=1S/C12H12N2O3S/c1-7(11(16)17-2)18-12-13-9-6-4-3-5-8(9)10(15)14-12/h3-7H,1-2H3,(H,13,14,15). The van der Waals surface area contributed by atoms with Gasteiger partial charge in [0.2, 0.25) is 0 Å². The second kappa shape index (κ2) is 5.22. The highest BCUT2D eigenvalue weighted by Crippen LogP contribution is 2.20. The normalized spacial score (nSPS) is 12.3. The summed E-state index contributed by atoms with van der Waals surface area (Å²) in [5, 5.41) is 0.531. The molecule has 94 valence electrons. The Balaban J connectivity index is 2.35. The molecule has 0 saturated carbocycles. The molecule has 1 unspecified atom stereocenters. The summed E-state index contributed by atoms with van der Waals surface area (Å²) in [5.41, 5.74) is 0.404. The molecule has 0 bridgehead atoms. The van der Waals surface area contributed by atoms with Crippen LogP contribution in [-0.2, 0) is 9.53 Å². The maximum atomic E-state index is 11.8. The molecule has 0 aliphatic carbocycles. The molecule has 2 aromatic rings. The minimum Gasteiger partial charge on any atom is -0.468 e. The van der Waals surface area contributed by atoms with Gasteiger partial charge in [0, 0.05) is 0 Å². The summed E-state index contributed by atoms with van der Waals surface area (Å²) < 4.78 is 4.62. The Kier molecular flexibility index (Phi) is 3.66. The lowest BCUT2D eigenvalue weighted by Gasteiger charge is -2.08. The molecule has 5 nitrogen and oxygen atoms in total. The molecule has 0 radical (unpaired) electrons. The molecule has 6 heteroatoms. The molecule has 0 spiro atoms. The summed E-state index contributed by atoms with van der Waals surface area (Å²) in [4.78, 5) is 30.0. The van der Waals surface area contributed by atoms with E-state index in [1.807, 2.05) is 6.07 Å². The van der Waals surface area contributed by atoms with E-state index in [1.54, 1.807) is 25.1 Å². The first kappa shape index (κ1) is 12.6. The summed E-state index contributed by atoms with van der Waals surface area (Å²) >= 11 is 1.16. The second-order valence-electron chi connectivity index (χ2n) is 3.67. The minimum atomic E-state index is -0.417. The van der Waals surface area contributed by atoms with Crippen molar-refractivity contribution in [3.8, 4) is 0 Å². The predicted molar refractivity (Wildman–Crippen MR) is 69.7 cm³/mol. The van der Waals surface area contributed by atoms with Gasteiger partial charge in [0.1, 0.15) is 5.25 Å². The Hall–Kier alpha value is -1.82. The average Bonchev–Trinajstić information content (AvgIpc) is 2.37. The molecule has 1 atom stereocenters. The van der Waals surface area contributed by atoms with E-state index in [9.17, 15) is 9.59 Å². The number of hydrogen-bond acceptors (Lipinski definition) is 5. The number of para-hydroxylation sites is 1. The fraction of sp³-hybridized carbons (Fsp3) is 0.250. The molecule has 2 rings (SSSR count). The lowest BCUT2D eigenvalue weighted by Crippen LogP contribution is -2.17. The minimum absolute atomic E-state index is 0.208. The number of ether oxygens (including phenoxy) is 1. The van der Waals surface area contributed by atoms with Crippen molar-refractivity contribution in [3.05, 3.63) is 34.6 Å². The van der Waals surface area contributed by atoms with E-state index < -0.39 is 5.25 Å². The maximum Gasteiger partial charge on any atom is 0.318 e. The third-order valence-electron chi connectivity index (χ3n) is 2.41. The summed E-state index contributed by atoms with van der Waals surface area (Å²) in [5.74, 6) is -0.351. The summed E-state index contributed by atoms with van der Waals surface area (Å²) in [6, 6.07) is 7.06. The number of nitrogens with zero attached hydrogens (tertiary/aromatic N) is 1. The molecule has 1 aromatic heterocycles. The molecule has 0 aliphatic rings. The van der Waals surface area contributed by atoms with Crippen molar-refractivity contribution in [2.75, 3.05) is 7.11 Å². The van der Waals surface area contributed by atoms with E-state index in [2.05, 4.69) is 14.7 Å². The first-order chi connectivity index (χ1) is 8.61. The number of aromatic amines is 1. The molecular weight excluding hydrogens is 252 g/mol. The van der Waals surface area contributed by atoms with Crippen LogP contribution in [0.1, 0.15) is 6.92 Å². The first-order valence-electron chi connectivity index (χ1n) is 5.35. The van der Waals surface area contributed by atoms with Gasteiger partial charge in [-0.3, -0.25) is 9.59 Å².